The molecule has 0 N–H and O–H groups in total. The summed E-state index contributed by atoms with van der Waals surface area (Å²) in [7, 11) is 0.671. The first-order valence-electron chi connectivity index (χ1n) is 6.46. The standard InChI is InChI=1S/C13H17BClNO5/c1-12(2)13(3,4)21-14(20-12)9-6-8(16(17)18)7-10(15)11(9)19-5/h6-7H,1-5H3. The molecule has 1 heterocycles. The molecule has 1 saturated heterocycles. The van der Waals surface area contributed by atoms with E-state index in [4.69, 9.17) is 25.6 Å². The van der Waals surface area contributed by atoms with E-state index in [0.29, 0.717) is 11.2 Å². The molecule has 0 aliphatic carbocycles. The van der Waals surface area contributed by atoms with E-state index in [2.05, 4.69) is 0 Å². The van der Waals surface area contributed by atoms with E-state index in [0.717, 1.165) is 0 Å². The summed E-state index contributed by atoms with van der Waals surface area (Å²) < 4.78 is 17.0. The highest BCUT2D eigenvalue weighted by atomic mass is 35.5. The smallest absolute Gasteiger partial charge is 0.496 e. The number of methoxy groups -OCH3 is 1. The Labute approximate surface area is 128 Å². The topological polar surface area (TPSA) is 70.8 Å². The summed E-state index contributed by atoms with van der Waals surface area (Å²) >= 11 is 6.06. The highest BCUT2D eigenvalue weighted by Crippen LogP contribution is 2.38. The van der Waals surface area contributed by atoms with Gasteiger partial charge in [-0.15, -0.1) is 0 Å². The number of rotatable bonds is 3. The maximum atomic E-state index is 11.0. The maximum Gasteiger partial charge on any atom is 0.498 e. The molecule has 0 aromatic heterocycles. The molecule has 6 nitrogen and oxygen atoms in total. The minimum Gasteiger partial charge on any atom is -0.496 e. The van der Waals surface area contributed by atoms with Crippen LogP contribution in [-0.4, -0.2) is 30.4 Å². The number of nitro groups is 1. The third kappa shape index (κ3) is 2.73. The number of halogens is 1. The lowest BCUT2D eigenvalue weighted by molar-refractivity contribution is -0.384. The Hall–Kier alpha value is -1.31. The summed E-state index contributed by atoms with van der Waals surface area (Å²) in [6.07, 6.45) is 0. The van der Waals surface area contributed by atoms with Gasteiger partial charge in [-0.25, -0.2) is 0 Å². The van der Waals surface area contributed by atoms with Gasteiger partial charge in [-0.3, -0.25) is 10.1 Å². The van der Waals surface area contributed by atoms with Crippen LogP contribution in [0, 0.1) is 10.1 Å². The molecule has 1 aromatic rings. The summed E-state index contributed by atoms with van der Waals surface area (Å²) in [5.74, 6) is 0.320. The predicted molar refractivity (Wildman–Crippen MR) is 80.4 cm³/mol. The van der Waals surface area contributed by atoms with Crippen molar-refractivity contribution in [2.45, 2.75) is 38.9 Å². The Morgan fingerprint density at radius 2 is 1.76 bits per heavy atom. The quantitative estimate of drug-likeness (QED) is 0.487. The number of nitro benzene ring substituents is 1. The molecule has 1 fully saturated rings. The van der Waals surface area contributed by atoms with Gasteiger partial charge in [-0.2, -0.15) is 0 Å². The van der Waals surface area contributed by atoms with Gasteiger partial charge < -0.3 is 14.0 Å². The molecule has 0 atom stereocenters. The van der Waals surface area contributed by atoms with Crippen molar-refractivity contribution in [3.05, 3.63) is 27.3 Å². The molecule has 1 aliphatic heterocycles. The van der Waals surface area contributed by atoms with Crippen LogP contribution in [0.2, 0.25) is 5.02 Å². The van der Waals surface area contributed by atoms with Gasteiger partial charge in [0.2, 0.25) is 0 Å². The zero-order valence-corrected chi connectivity index (χ0v) is 13.4. The fourth-order valence-corrected chi connectivity index (χ4v) is 2.36. The Bertz CT molecular complexity index is 574. The minimum atomic E-state index is -0.776. The van der Waals surface area contributed by atoms with Crippen LogP contribution < -0.4 is 10.2 Å². The zero-order chi connectivity index (χ0) is 16.0. The van der Waals surface area contributed by atoms with E-state index < -0.39 is 23.2 Å². The normalized spacial score (nSPS) is 19.6. The van der Waals surface area contributed by atoms with Crippen LogP contribution in [0.1, 0.15) is 27.7 Å². The summed E-state index contributed by atoms with van der Waals surface area (Å²) in [6.45, 7) is 7.60. The fourth-order valence-electron chi connectivity index (χ4n) is 2.07. The second-order valence-corrected chi connectivity index (χ2v) is 6.30. The maximum absolute atomic E-state index is 11.0. The SMILES string of the molecule is COc1c(Cl)cc([N+](=O)[O-])cc1B1OC(C)(C)C(C)(C)O1. The lowest BCUT2D eigenvalue weighted by Gasteiger charge is -2.32. The molecular weight excluding hydrogens is 296 g/mol. The van der Waals surface area contributed by atoms with Crippen LogP contribution in [0.5, 0.6) is 5.75 Å². The Kier molecular flexibility index (Phi) is 3.95. The minimum absolute atomic E-state index is 0.134. The summed E-state index contributed by atoms with van der Waals surface area (Å²) in [4.78, 5) is 10.5. The van der Waals surface area contributed by atoms with Crippen molar-refractivity contribution >= 4 is 29.9 Å². The molecule has 0 radical (unpaired) electrons. The van der Waals surface area contributed by atoms with Crippen LogP contribution in [-0.2, 0) is 9.31 Å². The van der Waals surface area contributed by atoms with Gasteiger partial charge in [0.1, 0.15) is 5.75 Å². The van der Waals surface area contributed by atoms with E-state index in [1.807, 2.05) is 27.7 Å². The molecule has 8 heteroatoms. The molecule has 0 bridgehead atoms. The van der Waals surface area contributed by atoms with Gasteiger partial charge in [-0.05, 0) is 27.7 Å². The van der Waals surface area contributed by atoms with Crippen molar-refractivity contribution in [3.8, 4) is 5.75 Å². The number of hydrogen-bond acceptors (Lipinski definition) is 5. The van der Waals surface area contributed by atoms with Crippen LogP contribution in [0.3, 0.4) is 0 Å². The average Bonchev–Trinajstić information content (AvgIpc) is 2.57. The van der Waals surface area contributed by atoms with Crippen LogP contribution >= 0.6 is 11.6 Å². The Morgan fingerprint density at radius 1 is 1.24 bits per heavy atom. The number of hydrogen-bond donors (Lipinski definition) is 0. The monoisotopic (exact) mass is 313 g/mol. The molecule has 1 aliphatic rings. The van der Waals surface area contributed by atoms with Crippen molar-refractivity contribution in [2.75, 3.05) is 7.11 Å². The van der Waals surface area contributed by atoms with Gasteiger partial charge >= 0.3 is 7.12 Å². The Morgan fingerprint density at radius 3 is 2.19 bits per heavy atom. The molecule has 0 spiro atoms. The molecule has 0 amide bonds. The Balaban J connectivity index is 2.51. The molecule has 2 rings (SSSR count). The molecule has 1 aromatic carbocycles. The highest BCUT2D eigenvalue weighted by molar-refractivity contribution is 6.63. The highest BCUT2D eigenvalue weighted by Gasteiger charge is 2.53. The number of benzene rings is 1. The van der Waals surface area contributed by atoms with Crippen LogP contribution in [0.25, 0.3) is 0 Å². The number of non-ortho nitro benzene ring substituents is 1. The first kappa shape index (κ1) is 16.1. The molecular formula is C13H17BClNO5. The van der Waals surface area contributed by atoms with Crippen LogP contribution in [0.15, 0.2) is 12.1 Å². The fraction of sp³-hybridized carbons (Fsp3) is 0.538. The largest absolute Gasteiger partial charge is 0.498 e. The molecule has 21 heavy (non-hydrogen) atoms. The lowest BCUT2D eigenvalue weighted by Crippen LogP contribution is -2.41. The zero-order valence-electron chi connectivity index (χ0n) is 12.6. The van der Waals surface area contributed by atoms with Gasteiger partial charge in [-0.1, -0.05) is 11.6 Å². The summed E-state index contributed by atoms with van der Waals surface area (Å²) in [5.41, 5.74) is -0.833. The van der Waals surface area contributed by atoms with E-state index in [1.54, 1.807) is 0 Å². The second kappa shape index (κ2) is 5.16. The van der Waals surface area contributed by atoms with Crippen molar-refractivity contribution < 1.29 is 19.0 Å². The molecule has 114 valence electrons. The van der Waals surface area contributed by atoms with Gasteiger partial charge in [0, 0.05) is 17.6 Å². The van der Waals surface area contributed by atoms with Crippen molar-refractivity contribution in [2.24, 2.45) is 0 Å². The third-order valence-electron chi connectivity index (χ3n) is 3.98. The van der Waals surface area contributed by atoms with E-state index >= 15 is 0 Å². The lowest BCUT2D eigenvalue weighted by atomic mass is 9.78. The van der Waals surface area contributed by atoms with Crippen molar-refractivity contribution in [3.63, 3.8) is 0 Å². The number of nitrogens with zero attached hydrogens (tertiary/aromatic N) is 1. The summed E-state index contributed by atoms with van der Waals surface area (Å²) in [6, 6.07) is 2.61. The first-order chi connectivity index (χ1) is 9.59. The van der Waals surface area contributed by atoms with E-state index in [1.165, 1.54) is 19.2 Å². The van der Waals surface area contributed by atoms with Gasteiger partial charge in [0.05, 0.1) is 28.3 Å². The predicted octanol–water partition coefficient (Wildman–Crippen LogP) is 2.56. The first-order valence-corrected chi connectivity index (χ1v) is 6.84. The molecule has 0 unspecified atom stereocenters. The number of ether oxygens (including phenoxy) is 1. The van der Waals surface area contributed by atoms with Crippen molar-refractivity contribution in [1.29, 1.82) is 0 Å². The van der Waals surface area contributed by atoms with Gasteiger partial charge in [0.15, 0.2) is 0 Å². The van der Waals surface area contributed by atoms with E-state index in [9.17, 15) is 10.1 Å². The molecule has 0 saturated carbocycles. The third-order valence-corrected chi connectivity index (χ3v) is 4.26. The summed E-state index contributed by atoms with van der Waals surface area (Å²) in [5, 5.41) is 11.1. The van der Waals surface area contributed by atoms with Crippen LogP contribution in [0.4, 0.5) is 5.69 Å². The van der Waals surface area contributed by atoms with Gasteiger partial charge in [0.25, 0.3) is 5.69 Å². The average molecular weight is 314 g/mol. The van der Waals surface area contributed by atoms with E-state index in [-0.39, 0.29) is 10.7 Å². The second-order valence-electron chi connectivity index (χ2n) is 5.90. The van der Waals surface area contributed by atoms with Crippen molar-refractivity contribution in [1.82, 2.24) is 0 Å².